The van der Waals surface area contributed by atoms with Gasteiger partial charge in [-0.25, -0.2) is 4.98 Å². The van der Waals surface area contributed by atoms with Crippen molar-refractivity contribution >= 4 is 11.6 Å². The Balaban J connectivity index is 1.66. The standard InChI is InChI=1S/C16H16F3N3O3/c17-16(18,19)13-12(22-6-2-1-3-11(22)20-13)14(23)21-7-4-15(5-8-21)24-9-10-25-15/h1-3,6H,4-5,7-10H2. The first-order valence-electron chi connectivity index (χ1n) is 8.01. The van der Waals surface area contributed by atoms with Gasteiger partial charge in [0.1, 0.15) is 11.3 Å². The second-order valence-electron chi connectivity index (χ2n) is 6.14. The smallest absolute Gasteiger partial charge is 0.347 e. The van der Waals surface area contributed by atoms with E-state index in [0.717, 1.165) is 0 Å². The molecule has 0 atom stereocenters. The Bertz CT molecular complexity index is 802. The number of rotatable bonds is 1. The average molecular weight is 355 g/mol. The summed E-state index contributed by atoms with van der Waals surface area (Å²) in [7, 11) is 0. The van der Waals surface area contributed by atoms with Gasteiger partial charge >= 0.3 is 6.18 Å². The molecule has 0 bridgehead atoms. The highest BCUT2D eigenvalue weighted by molar-refractivity contribution is 5.95. The highest BCUT2D eigenvalue weighted by Crippen LogP contribution is 2.35. The summed E-state index contributed by atoms with van der Waals surface area (Å²) in [5.74, 6) is -1.37. The molecule has 2 aromatic heterocycles. The first-order valence-corrected chi connectivity index (χ1v) is 8.01. The molecule has 4 heterocycles. The van der Waals surface area contributed by atoms with Crippen molar-refractivity contribution in [2.24, 2.45) is 0 Å². The number of carbonyl (C=O) groups is 1. The predicted molar refractivity (Wildman–Crippen MR) is 80.0 cm³/mol. The van der Waals surface area contributed by atoms with Crippen LogP contribution in [0, 0.1) is 0 Å². The van der Waals surface area contributed by atoms with Gasteiger partial charge in [0.15, 0.2) is 11.5 Å². The topological polar surface area (TPSA) is 56.1 Å². The molecule has 0 unspecified atom stereocenters. The van der Waals surface area contributed by atoms with E-state index in [4.69, 9.17) is 9.47 Å². The number of pyridine rings is 1. The van der Waals surface area contributed by atoms with E-state index < -0.39 is 29.3 Å². The van der Waals surface area contributed by atoms with Crippen molar-refractivity contribution < 1.29 is 27.4 Å². The monoisotopic (exact) mass is 355 g/mol. The molecule has 0 aromatic carbocycles. The summed E-state index contributed by atoms with van der Waals surface area (Å²) < 4.78 is 52.5. The molecular formula is C16H16F3N3O3. The molecule has 0 saturated carbocycles. The van der Waals surface area contributed by atoms with Crippen LogP contribution in [0.25, 0.3) is 5.65 Å². The molecule has 2 aliphatic rings. The van der Waals surface area contributed by atoms with Gasteiger partial charge in [-0.3, -0.25) is 9.20 Å². The fourth-order valence-corrected chi connectivity index (χ4v) is 3.38. The van der Waals surface area contributed by atoms with Crippen LogP contribution in [-0.2, 0) is 15.7 Å². The molecule has 6 nitrogen and oxygen atoms in total. The summed E-state index contributed by atoms with van der Waals surface area (Å²) in [5.41, 5.74) is -1.52. The highest BCUT2D eigenvalue weighted by Gasteiger charge is 2.44. The van der Waals surface area contributed by atoms with Gasteiger partial charge in [-0.15, -0.1) is 0 Å². The zero-order chi connectivity index (χ0) is 17.7. The van der Waals surface area contributed by atoms with Crippen LogP contribution in [0.3, 0.4) is 0 Å². The molecule has 2 fully saturated rings. The summed E-state index contributed by atoms with van der Waals surface area (Å²) >= 11 is 0. The minimum absolute atomic E-state index is 0.0918. The van der Waals surface area contributed by atoms with Crippen molar-refractivity contribution in [1.29, 1.82) is 0 Å². The Morgan fingerprint density at radius 1 is 1.16 bits per heavy atom. The normalized spacial score (nSPS) is 20.5. The van der Waals surface area contributed by atoms with E-state index in [1.54, 1.807) is 12.1 Å². The summed E-state index contributed by atoms with van der Waals surface area (Å²) in [6.45, 7) is 1.55. The maximum absolute atomic E-state index is 13.4. The van der Waals surface area contributed by atoms with Crippen molar-refractivity contribution in [3.8, 4) is 0 Å². The second kappa shape index (κ2) is 5.70. The number of fused-ring (bicyclic) bond motifs is 1. The van der Waals surface area contributed by atoms with E-state index in [1.165, 1.54) is 21.6 Å². The Kier molecular flexibility index (Phi) is 3.73. The number of halogens is 3. The van der Waals surface area contributed by atoms with Crippen molar-refractivity contribution in [3.05, 3.63) is 35.8 Å². The molecule has 9 heteroatoms. The number of hydrogen-bond acceptors (Lipinski definition) is 4. The Labute approximate surface area is 141 Å². The van der Waals surface area contributed by atoms with Gasteiger partial charge in [0.2, 0.25) is 0 Å². The first kappa shape index (κ1) is 16.3. The molecule has 0 aliphatic carbocycles. The number of ether oxygens (including phenoxy) is 2. The number of alkyl halides is 3. The quantitative estimate of drug-likeness (QED) is 0.788. The Hall–Kier alpha value is -2.13. The zero-order valence-corrected chi connectivity index (χ0v) is 13.3. The van der Waals surface area contributed by atoms with Gasteiger partial charge in [-0.1, -0.05) is 6.07 Å². The fraction of sp³-hybridized carbons (Fsp3) is 0.500. The number of likely N-dealkylation sites (tertiary alicyclic amines) is 1. The number of imidazole rings is 1. The third-order valence-corrected chi connectivity index (χ3v) is 4.63. The van der Waals surface area contributed by atoms with Gasteiger partial charge in [-0.05, 0) is 12.1 Å². The van der Waals surface area contributed by atoms with Crippen molar-refractivity contribution in [1.82, 2.24) is 14.3 Å². The minimum atomic E-state index is -4.70. The van der Waals surface area contributed by atoms with Gasteiger partial charge in [-0.2, -0.15) is 13.2 Å². The lowest BCUT2D eigenvalue weighted by molar-refractivity contribution is -0.181. The van der Waals surface area contributed by atoms with Crippen LogP contribution < -0.4 is 0 Å². The van der Waals surface area contributed by atoms with Gasteiger partial charge < -0.3 is 14.4 Å². The van der Waals surface area contributed by atoms with Gasteiger partial charge in [0.05, 0.1) is 13.2 Å². The first-order chi connectivity index (χ1) is 11.9. The van der Waals surface area contributed by atoms with Crippen LogP contribution in [0.2, 0.25) is 0 Å². The van der Waals surface area contributed by atoms with E-state index in [2.05, 4.69) is 4.98 Å². The second-order valence-corrected chi connectivity index (χ2v) is 6.14. The lowest BCUT2D eigenvalue weighted by atomic mass is 10.0. The fourth-order valence-electron chi connectivity index (χ4n) is 3.38. The van der Waals surface area contributed by atoms with E-state index >= 15 is 0 Å². The van der Waals surface area contributed by atoms with Crippen LogP contribution in [0.4, 0.5) is 13.2 Å². The molecule has 0 N–H and O–H groups in total. The summed E-state index contributed by atoms with van der Waals surface area (Å²) in [5, 5.41) is 0. The lowest BCUT2D eigenvalue weighted by Crippen LogP contribution is -2.47. The van der Waals surface area contributed by atoms with E-state index in [-0.39, 0.29) is 18.7 Å². The molecule has 0 radical (unpaired) electrons. The molecule has 1 amide bonds. The lowest BCUT2D eigenvalue weighted by Gasteiger charge is -2.37. The highest BCUT2D eigenvalue weighted by atomic mass is 19.4. The summed E-state index contributed by atoms with van der Waals surface area (Å²) in [6, 6.07) is 4.59. The third kappa shape index (κ3) is 2.77. The van der Waals surface area contributed by atoms with Crippen LogP contribution in [0.15, 0.2) is 24.4 Å². The Morgan fingerprint density at radius 3 is 2.48 bits per heavy atom. The van der Waals surface area contributed by atoms with E-state index in [1.807, 2.05) is 0 Å². The molecule has 134 valence electrons. The van der Waals surface area contributed by atoms with Crippen LogP contribution in [0.1, 0.15) is 29.0 Å². The molecular weight excluding hydrogens is 339 g/mol. The maximum atomic E-state index is 13.4. The van der Waals surface area contributed by atoms with Crippen LogP contribution in [0.5, 0.6) is 0 Å². The maximum Gasteiger partial charge on any atom is 0.435 e. The number of aromatic nitrogens is 2. The van der Waals surface area contributed by atoms with Crippen molar-refractivity contribution in [2.75, 3.05) is 26.3 Å². The largest absolute Gasteiger partial charge is 0.435 e. The summed E-state index contributed by atoms with van der Waals surface area (Å²) in [4.78, 5) is 17.8. The Morgan fingerprint density at radius 2 is 1.84 bits per heavy atom. The van der Waals surface area contributed by atoms with E-state index in [9.17, 15) is 18.0 Å². The molecule has 2 aliphatic heterocycles. The molecule has 25 heavy (non-hydrogen) atoms. The molecule has 2 aromatic rings. The number of piperidine rings is 1. The number of nitrogens with zero attached hydrogens (tertiary/aromatic N) is 3. The third-order valence-electron chi connectivity index (χ3n) is 4.63. The summed E-state index contributed by atoms with van der Waals surface area (Å²) in [6.07, 6.45) is -2.40. The van der Waals surface area contributed by atoms with Crippen LogP contribution in [-0.4, -0.2) is 52.3 Å². The van der Waals surface area contributed by atoms with Crippen molar-refractivity contribution in [3.63, 3.8) is 0 Å². The number of hydrogen-bond donors (Lipinski definition) is 0. The minimum Gasteiger partial charge on any atom is -0.347 e. The van der Waals surface area contributed by atoms with Gasteiger partial charge in [0.25, 0.3) is 5.91 Å². The number of amides is 1. The van der Waals surface area contributed by atoms with Crippen LogP contribution >= 0.6 is 0 Å². The molecule has 4 rings (SSSR count). The zero-order valence-electron chi connectivity index (χ0n) is 13.3. The van der Waals surface area contributed by atoms with E-state index in [0.29, 0.717) is 26.1 Å². The predicted octanol–water partition coefficient (Wildman–Crippen LogP) is 2.33. The number of carbonyl (C=O) groups excluding carboxylic acids is 1. The molecule has 2 saturated heterocycles. The molecule has 1 spiro atoms. The van der Waals surface area contributed by atoms with Crippen molar-refractivity contribution in [2.45, 2.75) is 24.8 Å². The average Bonchev–Trinajstić information content (AvgIpc) is 3.19. The van der Waals surface area contributed by atoms with Gasteiger partial charge in [0, 0.05) is 32.1 Å². The SMILES string of the molecule is O=C(c1c(C(F)(F)F)nc2ccccn12)N1CCC2(CC1)OCCO2.